The molecule has 2 unspecified atom stereocenters. The maximum Gasteiger partial charge on any atom is 1.00 e. The molecule has 0 radical (unpaired) electrons. The van der Waals surface area contributed by atoms with Crippen LogP contribution in [0.3, 0.4) is 0 Å². The van der Waals surface area contributed by atoms with E-state index in [0.29, 0.717) is 0 Å². The summed E-state index contributed by atoms with van der Waals surface area (Å²) in [5, 5.41) is 7.72. The minimum atomic E-state index is -6.41. The molecule has 1 aliphatic heterocycles. The van der Waals surface area contributed by atoms with Crippen molar-refractivity contribution < 1.29 is 97.7 Å². The van der Waals surface area contributed by atoms with Gasteiger partial charge < -0.3 is 34.2 Å². The van der Waals surface area contributed by atoms with Crippen LogP contribution in [0.2, 0.25) is 1.41 Å². The van der Waals surface area contributed by atoms with E-state index in [2.05, 4.69) is 28.7 Å². The van der Waals surface area contributed by atoms with Crippen LogP contribution in [0, 0.1) is 0 Å². The summed E-state index contributed by atoms with van der Waals surface area (Å²) in [5.41, 5.74) is -3.87. The first-order chi connectivity index (χ1) is 16.5. The van der Waals surface area contributed by atoms with Gasteiger partial charge in [-0.05, 0) is 0 Å². The van der Waals surface area contributed by atoms with Crippen LogP contribution in [0.4, 0.5) is 0 Å². The SMILES string of the molecule is [2H]OC1([2H])[C@]([2H])(n2c([2H])c([2H])c(=O)n([2H])c2=O)O[C@]([2H])(C([2H])([2H])OP(=O)(O[2H])OP(=O)([O-])[O-])[C@@]1([2H])O[2H].[Li+].[Li+]. The van der Waals surface area contributed by atoms with Crippen LogP contribution in [-0.2, 0) is 22.7 Å². The zero-order valence-corrected chi connectivity index (χ0v) is 15.0. The van der Waals surface area contributed by atoms with Crippen LogP contribution in [0.15, 0.2) is 21.8 Å². The van der Waals surface area contributed by atoms with Crippen molar-refractivity contribution in [3.63, 3.8) is 0 Å². The fourth-order valence-corrected chi connectivity index (χ4v) is 2.60. The molecule has 0 amide bonds. The summed E-state index contributed by atoms with van der Waals surface area (Å²) in [6.07, 6.45) is -18.8. The van der Waals surface area contributed by atoms with E-state index in [9.17, 15) is 28.5 Å². The second kappa shape index (κ2) is 10.2. The van der Waals surface area contributed by atoms with Crippen molar-refractivity contribution in [2.24, 2.45) is 0 Å². The van der Waals surface area contributed by atoms with Crippen LogP contribution in [0.1, 0.15) is 17.2 Å². The number of rotatable bonds is 9. The maximum atomic E-state index is 12.5. The Morgan fingerprint density at radius 2 is 2.11 bits per heavy atom. The number of phosphoric ester groups is 1. The van der Waals surface area contributed by atoms with Gasteiger partial charge in [0.15, 0.2) is 7.62 Å². The molecule has 1 fully saturated rings. The Morgan fingerprint density at radius 1 is 1.44 bits per heavy atom. The van der Waals surface area contributed by atoms with Gasteiger partial charge in [0.1, 0.15) is 18.2 Å². The summed E-state index contributed by atoms with van der Waals surface area (Å²) in [6.45, 7) is -4.54. The molecule has 1 aliphatic rings. The van der Waals surface area contributed by atoms with Gasteiger partial charge in [-0.1, -0.05) is 0 Å². The summed E-state index contributed by atoms with van der Waals surface area (Å²) in [5.74, 6) is 0. The Morgan fingerprint density at radius 3 is 2.67 bits per heavy atom. The van der Waals surface area contributed by atoms with Gasteiger partial charge in [-0.15, -0.1) is 0 Å². The standard InChI is InChI=1S/C9H14N2O12P2.2Li/c12-5-1-2-11(9(15)10-5)8-7(14)6(13)4(22-8)3-21-25(19,20)23-24(16,17)18;;/h1-2,4,6-8,13-14H,3H2,(H,19,20)(H,10,12,15)(H2,16,17,18);;/q;2*+1/p-2/t4-,6-,7?,8-;;/m1../s1/i1D,2D,3D2,4D,6D,7D,8D,13D,14D;;/hD2. The fraction of sp³-hybridized carbons (Fsp3) is 0.556. The number of nitrogens with zero attached hydrogens (tertiary/aromatic N) is 1. The molecule has 2 heterocycles. The van der Waals surface area contributed by atoms with E-state index in [1.165, 1.54) is 0 Å². The van der Waals surface area contributed by atoms with E-state index in [-0.39, 0.29) is 37.7 Å². The quantitative estimate of drug-likeness (QED) is 0.213. The number of hydrogen-bond donors (Lipinski definition) is 4. The molecule has 0 aliphatic carbocycles. The number of H-pyrrole nitrogens is 1. The maximum absolute atomic E-state index is 12.5. The van der Waals surface area contributed by atoms with Crippen molar-refractivity contribution in [3.05, 3.63) is 33.1 Å². The number of aromatic nitrogens is 2. The van der Waals surface area contributed by atoms with Crippen LogP contribution in [0.5, 0.6) is 0 Å². The minimum absolute atomic E-state index is 0. The minimum Gasteiger partial charge on any atom is -0.789 e. The van der Waals surface area contributed by atoms with E-state index < -0.39 is 79.7 Å². The van der Waals surface area contributed by atoms with Crippen molar-refractivity contribution in [2.75, 3.05) is 6.56 Å². The van der Waals surface area contributed by atoms with Crippen molar-refractivity contribution in [1.29, 1.82) is 4.29 Å². The van der Waals surface area contributed by atoms with Crippen LogP contribution < -0.4 is 58.8 Å². The summed E-state index contributed by atoms with van der Waals surface area (Å²) in [4.78, 5) is 48.5. The van der Waals surface area contributed by atoms with Crippen LogP contribution in [0.25, 0.3) is 0 Å². The zero-order chi connectivity index (χ0) is 29.2. The molecule has 2 rings (SSSR count). The van der Waals surface area contributed by atoms with Crippen molar-refractivity contribution >= 4 is 15.6 Å². The zero-order valence-electron chi connectivity index (χ0n) is 25.2. The fourth-order valence-electron chi connectivity index (χ4n) is 1.29. The molecular formula is C9H12Li2N2O12P2. The summed E-state index contributed by atoms with van der Waals surface area (Å²) in [6, 6.07) is -1.54. The van der Waals surface area contributed by atoms with Crippen molar-refractivity contribution in [2.45, 2.75) is 24.4 Å². The molecule has 27 heavy (non-hydrogen) atoms. The predicted molar refractivity (Wildman–Crippen MR) is 71.7 cm³/mol. The largest absolute Gasteiger partial charge is 1.00 e. The van der Waals surface area contributed by atoms with Gasteiger partial charge in [0.2, 0.25) is 4.29 Å². The summed E-state index contributed by atoms with van der Waals surface area (Å²) < 4.78 is 127. The summed E-state index contributed by atoms with van der Waals surface area (Å²) in [7, 11) is -12.6. The third-order valence-electron chi connectivity index (χ3n) is 2.12. The number of nitrogens with one attached hydrogen (secondary N) is 1. The molecular weight excluding hydrogens is 404 g/mol. The van der Waals surface area contributed by atoms with Gasteiger partial charge in [-0.2, -0.15) is 0 Å². The molecule has 0 bridgehead atoms. The van der Waals surface area contributed by atoms with E-state index in [1.807, 2.05) is 0 Å². The summed E-state index contributed by atoms with van der Waals surface area (Å²) >= 11 is 0. The monoisotopic (exact) mass is 428 g/mol. The molecule has 14 nitrogen and oxygen atoms in total. The second-order valence-electron chi connectivity index (χ2n) is 3.84. The first-order valence-electron chi connectivity index (χ1n) is 11.2. The van der Waals surface area contributed by atoms with E-state index in [1.54, 1.807) is 0 Å². The average Bonchev–Trinajstić information content (AvgIpc) is 2.91. The van der Waals surface area contributed by atoms with Gasteiger partial charge in [0, 0.05) is 12.2 Å². The second-order valence-corrected chi connectivity index (χ2v) is 6.46. The van der Waals surface area contributed by atoms with Gasteiger partial charge >= 0.3 is 51.2 Å². The van der Waals surface area contributed by atoms with Gasteiger partial charge in [-0.3, -0.25) is 23.2 Å². The van der Waals surface area contributed by atoms with Gasteiger partial charge in [0.05, 0.1) is 25.3 Å². The Bertz CT molecular complexity index is 1320. The van der Waals surface area contributed by atoms with E-state index in [4.69, 9.17) is 16.7 Å². The molecule has 142 valence electrons. The predicted octanol–water partition coefficient (Wildman–Crippen LogP) is -9.87. The molecule has 0 aromatic carbocycles. The molecule has 18 heteroatoms. The Balaban J connectivity index is 0.00000722. The molecule has 0 spiro atoms. The number of aromatic amines is 1. The number of aliphatic hydroxyl groups is 2. The van der Waals surface area contributed by atoms with E-state index in [0.717, 1.165) is 0 Å². The van der Waals surface area contributed by atoms with Crippen molar-refractivity contribution in [1.82, 2.24) is 9.54 Å². The molecule has 0 saturated carbocycles. The Labute approximate surface area is 191 Å². The van der Waals surface area contributed by atoms with Gasteiger partial charge in [0.25, 0.3) is 5.56 Å². The third-order valence-corrected chi connectivity index (χ3v) is 4.04. The van der Waals surface area contributed by atoms with E-state index >= 15 is 0 Å². The Kier molecular flexibility index (Phi) is 4.76. The van der Waals surface area contributed by atoms with Crippen LogP contribution >= 0.6 is 15.6 Å². The molecule has 5 atom stereocenters. The third kappa shape index (κ3) is 7.40. The topological polar surface area (TPSA) is 223 Å². The smallest absolute Gasteiger partial charge is 0.789 e. The molecule has 1 aromatic rings. The van der Waals surface area contributed by atoms with Gasteiger partial charge in [-0.25, -0.2) is 9.36 Å². The number of ether oxygens (including phenoxy) is 1. The normalized spacial score (nSPS) is 45.0. The molecule has 1 aromatic heterocycles. The first kappa shape index (κ1) is 12.7. The van der Waals surface area contributed by atoms with Crippen molar-refractivity contribution in [3.8, 4) is 0 Å². The first-order valence-corrected chi connectivity index (χ1v) is 8.43. The number of hydrogen-bond acceptors (Lipinski definition) is 12. The Hall–Kier alpha value is 0.0148. The molecule has 4 N–H and O–H groups in total. The average molecular weight is 428 g/mol. The number of phosphoric acid groups is 2. The molecule has 1 saturated heterocycles. The van der Waals surface area contributed by atoms with Crippen LogP contribution in [-0.4, -0.2) is 53.8 Å².